The van der Waals surface area contributed by atoms with E-state index in [1.807, 2.05) is 0 Å². The van der Waals surface area contributed by atoms with Crippen LogP contribution >= 0.6 is 11.6 Å². The lowest BCUT2D eigenvalue weighted by atomic mass is 9.96. The van der Waals surface area contributed by atoms with Crippen LogP contribution in [-0.2, 0) is 0 Å². The molecule has 0 spiro atoms. The Morgan fingerprint density at radius 1 is 1.32 bits per heavy atom. The lowest BCUT2D eigenvalue weighted by Gasteiger charge is -2.34. The zero-order chi connectivity index (χ0) is 14.0. The fraction of sp³-hybridized carbons (Fsp3) is 0.636. The number of hydrogen-bond donors (Lipinski definition) is 0. The van der Waals surface area contributed by atoms with Crippen LogP contribution in [0.3, 0.4) is 0 Å². The second-order valence-electron chi connectivity index (χ2n) is 4.32. The second kappa shape index (κ2) is 5.40. The number of aromatic nitrogens is 2. The first-order valence-corrected chi connectivity index (χ1v) is 6.17. The van der Waals surface area contributed by atoms with Crippen molar-refractivity contribution in [2.24, 2.45) is 5.92 Å². The van der Waals surface area contributed by atoms with Gasteiger partial charge in [-0.15, -0.1) is 0 Å². The summed E-state index contributed by atoms with van der Waals surface area (Å²) in [4.78, 5) is 9.57. The minimum Gasteiger partial charge on any atom is -0.490 e. The highest BCUT2D eigenvalue weighted by molar-refractivity contribution is 6.31. The molecule has 2 heterocycles. The largest absolute Gasteiger partial charge is 0.490 e. The number of alkyl halides is 3. The molecule has 19 heavy (non-hydrogen) atoms. The molecule has 8 heteroatoms. The van der Waals surface area contributed by atoms with Gasteiger partial charge in [0.2, 0.25) is 0 Å². The van der Waals surface area contributed by atoms with E-state index in [4.69, 9.17) is 16.3 Å². The van der Waals surface area contributed by atoms with E-state index in [1.165, 1.54) is 13.4 Å². The first kappa shape index (κ1) is 14.2. The van der Waals surface area contributed by atoms with Gasteiger partial charge < -0.3 is 9.64 Å². The second-order valence-corrected chi connectivity index (χ2v) is 4.68. The fourth-order valence-corrected chi connectivity index (χ4v) is 2.37. The summed E-state index contributed by atoms with van der Waals surface area (Å²) in [5.74, 6) is -0.496. The first-order valence-electron chi connectivity index (χ1n) is 5.79. The third kappa shape index (κ3) is 3.02. The molecule has 1 aliphatic rings. The number of piperidine rings is 1. The van der Waals surface area contributed by atoms with Crippen molar-refractivity contribution in [2.75, 3.05) is 25.1 Å². The summed E-state index contributed by atoms with van der Waals surface area (Å²) >= 11 is 5.87. The Morgan fingerprint density at radius 3 is 2.47 bits per heavy atom. The molecule has 1 saturated heterocycles. The summed E-state index contributed by atoms with van der Waals surface area (Å²) in [6, 6.07) is 0. The van der Waals surface area contributed by atoms with E-state index in [-0.39, 0.29) is 31.1 Å². The number of methoxy groups -OCH3 is 1. The molecule has 4 nitrogen and oxygen atoms in total. The molecule has 0 radical (unpaired) electrons. The number of halogens is 4. The lowest BCUT2D eigenvalue weighted by molar-refractivity contribution is -0.179. The van der Waals surface area contributed by atoms with Crippen LogP contribution in [-0.4, -0.2) is 36.3 Å². The van der Waals surface area contributed by atoms with Crippen LogP contribution in [0, 0.1) is 5.92 Å². The van der Waals surface area contributed by atoms with Crippen LogP contribution in [0.1, 0.15) is 12.8 Å². The molecule has 0 atom stereocenters. The summed E-state index contributed by atoms with van der Waals surface area (Å²) in [6.45, 7) is 0.543. The predicted octanol–water partition coefficient (Wildman–Crippen LogP) is 2.92. The Balaban J connectivity index is 2.12. The molecule has 1 aromatic heterocycles. The molecule has 0 amide bonds. The Morgan fingerprint density at radius 2 is 1.95 bits per heavy atom. The topological polar surface area (TPSA) is 38.3 Å². The van der Waals surface area contributed by atoms with Crippen molar-refractivity contribution < 1.29 is 17.9 Å². The summed E-state index contributed by atoms with van der Waals surface area (Å²) in [7, 11) is 1.43. The van der Waals surface area contributed by atoms with Crippen molar-refractivity contribution in [1.29, 1.82) is 0 Å². The van der Waals surface area contributed by atoms with Crippen LogP contribution in [0.25, 0.3) is 0 Å². The molecule has 1 fully saturated rings. The molecule has 106 valence electrons. The van der Waals surface area contributed by atoms with Gasteiger partial charge in [0.05, 0.1) is 13.0 Å². The third-order valence-corrected chi connectivity index (χ3v) is 3.47. The summed E-state index contributed by atoms with van der Waals surface area (Å²) in [5.41, 5.74) is 0. The van der Waals surface area contributed by atoms with Crippen molar-refractivity contribution in [3.8, 4) is 5.75 Å². The van der Waals surface area contributed by atoms with E-state index >= 15 is 0 Å². The van der Waals surface area contributed by atoms with Crippen molar-refractivity contribution in [3.05, 3.63) is 11.5 Å². The Kier molecular flexibility index (Phi) is 4.03. The molecule has 1 aliphatic heterocycles. The Labute approximate surface area is 113 Å². The van der Waals surface area contributed by atoms with Gasteiger partial charge in [-0.2, -0.15) is 13.2 Å². The number of ether oxygens (including phenoxy) is 1. The molecule has 1 aromatic rings. The van der Waals surface area contributed by atoms with Gasteiger partial charge in [0, 0.05) is 13.1 Å². The third-order valence-electron chi connectivity index (χ3n) is 3.20. The predicted molar refractivity (Wildman–Crippen MR) is 64.6 cm³/mol. The normalized spacial score (nSPS) is 17.6. The first-order chi connectivity index (χ1) is 8.93. The van der Waals surface area contributed by atoms with Crippen LogP contribution in [0.5, 0.6) is 5.75 Å². The monoisotopic (exact) mass is 295 g/mol. The van der Waals surface area contributed by atoms with Gasteiger partial charge in [-0.25, -0.2) is 9.97 Å². The van der Waals surface area contributed by atoms with Crippen molar-refractivity contribution in [1.82, 2.24) is 9.97 Å². The van der Waals surface area contributed by atoms with E-state index in [2.05, 4.69) is 9.97 Å². The molecule has 0 saturated carbocycles. The van der Waals surface area contributed by atoms with E-state index < -0.39 is 12.1 Å². The van der Waals surface area contributed by atoms with Gasteiger partial charge in [0.25, 0.3) is 0 Å². The van der Waals surface area contributed by atoms with Gasteiger partial charge in [0.15, 0.2) is 16.7 Å². The van der Waals surface area contributed by atoms with E-state index in [0.29, 0.717) is 11.6 Å². The minimum absolute atomic E-state index is 0.0499. The van der Waals surface area contributed by atoms with Gasteiger partial charge in [-0.3, -0.25) is 0 Å². The number of anilines is 1. The van der Waals surface area contributed by atoms with Crippen molar-refractivity contribution >= 4 is 17.4 Å². The fourth-order valence-electron chi connectivity index (χ4n) is 2.16. The maximum Gasteiger partial charge on any atom is 0.391 e. The van der Waals surface area contributed by atoms with Gasteiger partial charge in [-0.05, 0) is 12.8 Å². The Hall–Kier alpha value is -1.24. The summed E-state index contributed by atoms with van der Waals surface area (Å²) in [6.07, 6.45) is -2.75. The summed E-state index contributed by atoms with van der Waals surface area (Å²) < 4.78 is 42.9. The number of hydrogen-bond acceptors (Lipinski definition) is 4. The quantitative estimate of drug-likeness (QED) is 0.786. The van der Waals surface area contributed by atoms with Crippen LogP contribution < -0.4 is 9.64 Å². The molecule has 2 rings (SSSR count). The molecular formula is C11H13ClF3N3O. The summed E-state index contributed by atoms with van der Waals surface area (Å²) in [5, 5.41) is 0.158. The molecule has 0 bridgehead atoms. The highest BCUT2D eigenvalue weighted by Gasteiger charge is 2.41. The number of nitrogens with zero attached hydrogens (tertiary/aromatic N) is 3. The molecule has 0 aliphatic carbocycles. The molecule has 0 aromatic carbocycles. The van der Waals surface area contributed by atoms with Gasteiger partial charge in [-0.1, -0.05) is 11.6 Å². The van der Waals surface area contributed by atoms with Crippen LogP contribution in [0.2, 0.25) is 5.15 Å². The van der Waals surface area contributed by atoms with Gasteiger partial charge in [0.1, 0.15) is 6.33 Å². The van der Waals surface area contributed by atoms with Crippen LogP contribution in [0.15, 0.2) is 6.33 Å². The maximum absolute atomic E-state index is 12.6. The average molecular weight is 296 g/mol. The zero-order valence-electron chi connectivity index (χ0n) is 10.2. The van der Waals surface area contributed by atoms with Crippen molar-refractivity contribution in [3.63, 3.8) is 0 Å². The lowest BCUT2D eigenvalue weighted by Crippen LogP contribution is -2.39. The average Bonchev–Trinajstić information content (AvgIpc) is 2.37. The minimum atomic E-state index is -4.13. The molecular weight excluding hydrogens is 283 g/mol. The van der Waals surface area contributed by atoms with E-state index in [0.717, 1.165) is 0 Å². The SMILES string of the molecule is COc1c(Cl)ncnc1N1CCC(C(F)(F)F)CC1. The van der Waals surface area contributed by atoms with Crippen molar-refractivity contribution in [2.45, 2.75) is 19.0 Å². The highest BCUT2D eigenvalue weighted by Crippen LogP contribution is 2.38. The number of rotatable bonds is 2. The smallest absolute Gasteiger partial charge is 0.391 e. The van der Waals surface area contributed by atoms with E-state index in [1.54, 1.807) is 4.90 Å². The molecule has 0 unspecified atom stereocenters. The van der Waals surface area contributed by atoms with E-state index in [9.17, 15) is 13.2 Å². The maximum atomic E-state index is 12.6. The highest BCUT2D eigenvalue weighted by atomic mass is 35.5. The molecule has 0 N–H and O–H groups in total. The van der Waals surface area contributed by atoms with Gasteiger partial charge >= 0.3 is 6.18 Å². The van der Waals surface area contributed by atoms with Crippen LogP contribution in [0.4, 0.5) is 19.0 Å². The Bertz CT molecular complexity index is 447. The standard InChI is InChI=1S/C11H13ClF3N3O/c1-19-8-9(12)16-6-17-10(8)18-4-2-7(3-5-18)11(13,14)15/h6-7H,2-5H2,1H3. The zero-order valence-corrected chi connectivity index (χ0v) is 11.0.